The lowest BCUT2D eigenvalue weighted by molar-refractivity contribution is 0.0468. The number of ether oxygens (including phenoxy) is 1. The molecule has 0 atom stereocenters. The number of aliphatic imine (C=N–C) groups is 1. The van der Waals surface area contributed by atoms with E-state index in [-0.39, 0.29) is 0 Å². The van der Waals surface area contributed by atoms with Crippen molar-refractivity contribution in [2.45, 2.75) is 57.7 Å². The minimum Gasteiger partial charge on any atom is -0.376 e. The van der Waals surface area contributed by atoms with Crippen molar-refractivity contribution >= 4 is 5.96 Å². The first-order valence-corrected chi connectivity index (χ1v) is 10.4. The summed E-state index contributed by atoms with van der Waals surface area (Å²) in [6.07, 6.45) is 12.0. The van der Waals surface area contributed by atoms with Crippen LogP contribution >= 0.6 is 0 Å². The van der Waals surface area contributed by atoms with Gasteiger partial charge in [0.2, 0.25) is 0 Å². The van der Waals surface area contributed by atoms with Gasteiger partial charge in [0, 0.05) is 32.5 Å². The van der Waals surface area contributed by atoms with Crippen LogP contribution in [0.4, 0.5) is 0 Å². The Kier molecular flexibility index (Phi) is 8.37. The normalized spacial score (nSPS) is 16.0. The third-order valence-electron chi connectivity index (χ3n) is 5.13. The highest BCUT2D eigenvalue weighted by Crippen LogP contribution is 2.19. The van der Waals surface area contributed by atoms with Crippen LogP contribution in [-0.4, -0.2) is 42.0 Å². The Morgan fingerprint density at radius 2 is 1.96 bits per heavy atom. The van der Waals surface area contributed by atoms with Crippen molar-refractivity contribution in [3.8, 4) is 0 Å². The van der Waals surface area contributed by atoms with Gasteiger partial charge in [0.25, 0.3) is 0 Å². The maximum Gasteiger partial charge on any atom is 0.191 e. The average molecular weight is 384 g/mol. The zero-order valence-corrected chi connectivity index (χ0v) is 16.9. The minimum atomic E-state index is 0.441. The third-order valence-corrected chi connectivity index (χ3v) is 5.13. The predicted octanol–water partition coefficient (Wildman–Crippen LogP) is 3.34. The lowest BCUT2D eigenvalue weighted by Gasteiger charge is -2.17. The molecule has 0 radical (unpaired) electrons. The van der Waals surface area contributed by atoms with E-state index in [1.54, 1.807) is 13.2 Å². The molecule has 2 N–H and O–H groups in total. The molecule has 0 saturated heterocycles. The van der Waals surface area contributed by atoms with Crippen molar-refractivity contribution in [1.82, 2.24) is 20.4 Å². The van der Waals surface area contributed by atoms with Gasteiger partial charge in [-0.15, -0.1) is 0 Å². The SMILES string of the molecule is CN=C(NCCOC1CCCCCC1)NCc1cccc(Cn2cccn2)c1. The topological polar surface area (TPSA) is 63.5 Å². The van der Waals surface area contributed by atoms with Gasteiger partial charge in [0.15, 0.2) is 5.96 Å². The Hall–Kier alpha value is -2.34. The quantitative estimate of drug-likeness (QED) is 0.318. The van der Waals surface area contributed by atoms with Gasteiger partial charge in [-0.3, -0.25) is 9.67 Å². The molecule has 1 heterocycles. The smallest absolute Gasteiger partial charge is 0.191 e. The van der Waals surface area contributed by atoms with E-state index in [0.29, 0.717) is 6.10 Å². The molecule has 1 aromatic carbocycles. The second-order valence-electron chi connectivity index (χ2n) is 7.36. The molecule has 1 aliphatic carbocycles. The molecule has 0 unspecified atom stereocenters. The van der Waals surface area contributed by atoms with Gasteiger partial charge in [-0.1, -0.05) is 49.9 Å². The van der Waals surface area contributed by atoms with Crippen LogP contribution in [0.15, 0.2) is 47.7 Å². The first kappa shape index (κ1) is 20.4. The van der Waals surface area contributed by atoms with Crippen molar-refractivity contribution in [2.24, 2.45) is 4.99 Å². The van der Waals surface area contributed by atoms with Crippen LogP contribution in [0.5, 0.6) is 0 Å². The number of hydrogen-bond acceptors (Lipinski definition) is 3. The van der Waals surface area contributed by atoms with Crippen LogP contribution < -0.4 is 10.6 Å². The first-order chi connectivity index (χ1) is 13.8. The van der Waals surface area contributed by atoms with E-state index < -0.39 is 0 Å². The number of hydrogen-bond donors (Lipinski definition) is 2. The number of guanidine groups is 1. The minimum absolute atomic E-state index is 0.441. The van der Waals surface area contributed by atoms with Gasteiger partial charge < -0.3 is 15.4 Å². The summed E-state index contributed by atoms with van der Waals surface area (Å²) in [5.41, 5.74) is 2.46. The molecule has 3 rings (SSSR count). The third kappa shape index (κ3) is 7.00. The van der Waals surface area contributed by atoms with Crippen LogP contribution in [-0.2, 0) is 17.8 Å². The van der Waals surface area contributed by atoms with E-state index in [4.69, 9.17) is 4.74 Å². The zero-order valence-electron chi connectivity index (χ0n) is 16.9. The fourth-order valence-electron chi connectivity index (χ4n) is 3.63. The first-order valence-electron chi connectivity index (χ1n) is 10.4. The van der Waals surface area contributed by atoms with Gasteiger partial charge in [0.1, 0.15) is 0 Å². The van der Waals surface area contributed by atoms with Crippen molar-refractivity contribution in [3.63, 3.8) is 0 Å². The van der Waals surface area contributed by atoms with Crippen LogP contribution in [0.3, 0.4) is 0 Å². The maximum atomic E-state index is 6.03. The van der Waals surface area contributed by atoms with Gasteiger partial charge in [0.05, 0.1) is 19.3 Å². The van der Waals surface area contributed by atoms with E-state index >= 15 is 0 Å². The molecule has 1 saturated carbocycles. The number of nitrogens with one attached hydrogen (secondary N) is 2. The molecule has 28 heavy (non-hydrogen) atoms. The lowest BCUT2D eigenvalue weighted by atomic mass is 10.1. The molecule has 1 aliphatic rings. The van der Waals surface area contributed by atoms with Crippen molar-refractivity contribution < 1.29 is 4.74 Å². The predicted molar refractivity (Wildman–Crippen MR) is 113 cm³/mol. The largest absolute Gasteiger partial charge is 0.376 e. The number of rotatable bonds is 8. The summed E-state index contributed by atoms with van der Waals surface area (Å²) in [4.78, 5) is 4.31. The summed E-state index contributed by atoms with van der Waals surface area (Å²) in [5, 5.41) is 11.0. The Morgan fingerprint density at radius 1 is 1.14 bits per heavy atom. The number of aromatic nitrogens is 2. The van der Waals surface area contributed by atoms with Crippen molar-refractivity contribution in [2.75, 3.05) is 20.2 Å². The maximum absolute atomic E-state index is 6.03. The molecule has 0 aliphatic heterocycles. The van der Waals surface area contributed by atoms with Gasteiger partial charge in [-0.25, -0.2) is 0 Å². The number of benzene rings is 1. The fraction of sp³-hybridized carbons (Fsp3) is 0.545. The van der Waals surface area contributed by atoms with Gasteiger partial charge in [-0.05, 0) is 30.0 Å². The van der Waals surface area contributed by atoms with Gasteiger partial charge in [-0.2, -0.15) is 5.10 Å². The second kappa shape index (κ2) is 11.5. The standard InChI is InChI=1S/C22H33N5O/c1-23-22(24-13-15-28-21-10-4-2-3-5-11-21)25-17-19-8-6-9-20(16-19)18-27-14-7-12-26-27/h6-9,12,14,16,21H,2-5,10-11,13,15,17-18H2,1H3,(H2,23,24,25). The molecule has 1 aromatic heterocycles. The molecular weight excluding hydrogens is 350 g/mol. The Bertz CT molecular complexity index is 705. The van der Waals surface area contributed by atoms with E-state index in [0.717, 1.165) is 32.2 Å². The fourth-order valence-corrected chi connectivity index (χ4v) is 3.63. The van der Waals surface area contributed by atoms with Crippen molar-refractivity contribution in [3.05, 3.63) is 53.9 Å². The average Bonchev–Trinajstić information content (AvgIpc) is 3.08. The van der Waals surface area contributed by atoms with Gasteiger partial charge >= 0.3 is 0 Å². The highest BCUT2D eigenvalue weighted by molar-refractivity contribution is 5.79. The Morgan fingerprint density at radius 3 is 2.71 bits per heavy atom. The molecule has 0 bridgehead atoms. The van der Waals surface area contributed by atoms with E-state index in [2.05, 4.69) is 45.0 Å². The molecule has 6 nitrogen and oxygen atoms in total. The van der Waals surface area contributed by atoms with Crippen LogP contribution in [0.25, 0.3) is 0 Å². The summed E-state index contributed by atoms with van der Waals surface area (Å²) in [6, 6.07) is 10.5. The molecular formula is C22H33N5O. The summed E-state index contributed by atoms with van der Waals surface area (Å²) < 4.78 is 7.96. The molecule has 2 aromatic rings. The van der Waals surface area contributed by atoms with E-state index in [1.165, 1.54) is 49.7 Å². The Labute approximate surface area is 168 Å². The molecule has 6 heteroatoms. The van der Waals surface area contributed by atoms with Crippen LogP contribution in [0.2, 0.25) is 0 Å². The molecule has 152 valence electrons. The summed E-state index contributed by atoms with van der Waals surface area (Å²) in [6.45, 7) is 3.02. The highest BCUT2D eigenvalue weighted by atomic mass is 16.5. The lowest BCUT2D eigenvalue weighted by Crippen LogP contribution is -2.38. The highest BCUT2D eigenvalue weighted by Gasteiger charge is 2.12. The zero-order chi connectivity index (χ0) is 19.4. The Balaban J connectivity index is 1.37. The number of nitrogens with zero attached hydrogens (tertiary/aromatic N) is 3. The van der Waals surface area contributed by atoms with E-state index in [1.807, 2.05) is 16.9 Å². The summed E-state index contributed by atoms with van der Waals surface area (Å²) >= 11 is 0. The molecule has 0 spiro atoms. The van der Waals surface area contributed by atoms with E-state index in [9.17, 15) is 0 Å². The summed E-state index contributed by atoms with van der Waals surface area (Å²) in [5.74, 6) is 0.807. The molecule has 0 amide bonds. The molecule has 1 fully saturated rings. The summed E-state index contributed by atoms with van der Waals surface area (Å²) in [7, 11) is 1.80. The second-order valence-corrected chi connectivity index (χ2v) is 7.36. The monoisotopic (exact) mass is 383 g/mol. The van der Waals surface area contributed by atoms with Crippen molar-refractivity contribution in [1.29, 1.82) is 0 Å². The van der Waals surface area contributed by atoms with Crippen LogP contribution in [0.1, 0.15) is 49.7 Å². The van der Waals surface area contributed by atoms with Crippen LogP contribution in [0, 0.1) is 0 Å².